The molecule has 1 N–H and O–H groups in total. The smallest absolute Gasteiger partial charge is 0.338 e. The third-order valence-electron chi connectivity index (χ3n) is 3.09. The number of nitrogens with zero attached hydrogens (tertiary/aromatic N) is 1. The number of amides is 2. The fraction of sp³-hybridized carbons (Fsp3) is 0.400. The highest BCUT2D eigenvalue weighted by Gasteiger charge is 2.14. The zero-order chi connectivity index (χ0) is 16.0. The molecule has 0 bridgehead atoms. The van der Waals surface area contributed by atoms with Crippen LogP contribution in [0.1, 0.15) is 21.5 Å². The van der Waals surface area contributed by atoms with Gasteiger partial charge in [0.25, 0.3) is 5.91 Å². The average Bonchev–Trinajstić information content (AvgIpc) is 2.44. The molecule has 0 fully saturated rings. The summed E-state index contributed by atoms with van der Waals surface area (Å²) in [6.45, 7) is 3.19. The first-order valence-electron chi connectivity index (χ1n) is 6.53. The molecule has 0 aromatic heterocycles. The maximum Gasteiger partial charge on any atom is 0.338 e. The van der Waals surface area contributed by atoms with Gasteiger partial charge in [0.05, 0.1) is 12.1 Å². The summed E-state index contributed by atoms with van der Waals surface area (Å²) in [5, 5.41) is 2.39. The highest BCUT2D eigenvalue weighted by molar-refractivity contribution is 5.93. The third-order valence-corrected chi connectivity index (χ3v) is 3.09. The number of likely N-dealkylation sites (N-methyl/N-ethyl adjacent to an activating group) is 1. The van der Waals surface area contributed by atoms with Gasteiger partial charge in [-0.15, -0.1) is 0 Å². The van der Waals surface area contributed by atoms with Crippen LogP contribution < -0.4 is 5.32 Å². The predicted molar refractivity (Wildman–Crippen MR) is 77.9 cm³/mol. The van der Waals surface area contributed by atoms with Crippen LogP contribution in [-0.4, -0.2) is 49.9 Å². The lowest BCUT2D eigenvalue weighted by molar-refractivity contribution is -0.131. The molecule has 0 atom stereocenters. The summed E-state index contributed by atoms with van der Waals surface area (Å²) in [5.74, 6) is -1.29. The number of nitrogens with one attached hydrogen (secondary N) is 1. The monoisotopic (exact) mass is 292 g/mol. The Labute approximate surface area is 124 Å². The minimum atomic E-state index is -0.551. The van der Waals surface area contributed by atoms with E-state index >= 15 is 0 Å². The molecule has 6 nitrogen and oxygen atoms in total. The van der Waals surface area contributed by atoms with E-state index in [1.807, 2.05) is 19.9 Å². The van der Waals surface area contributed by atoms with Gasteiger partial charge in [0.15, 0.2) is 6.61 Å². The van der Waals surface area contributed by atoms with Gasteiger partial charge in [-0.3, -0.25) is 9.59 Å². The molecule has 0 spiro atoms. The maximum absolute atomic E-state index is 11.9. The molecular formula is C15H20N2O4. The van der Waals surface area contributed by atoms with E-state index in [2.05, 4.69) is 5.32 Å². The number of esters is 1. The standard InChI is InChI=1S/C15H20N2O4/c1-10-6-5-7-12(11(10)2)15(20)21-9-13(18)16-8-14(19)17(3)4/h5-7H,8-9H2,1-4H3,(H,16,18). The lowest BCUT2D eigenvalue weighted by atomic mass is 10.0. The van der Waals surface area contributed by atoms with Crippen molar-refractivity contribution in [2.75, 3.05) is 27.2 Å². The number of carbonyl (C=O) groups excluding carboxylic acids is 3. The molecule has 0 saturated heterocycles. The Morgan fingerprint density at radius 3 is 2.48 bits per heavy atom. The van der Waals surface area contributed by atoms with E-state index < -0.39 is 18.5 Å². The normalized spacial score (nSPS) is 9.90. The van der Waals surface area contributed by atoms with Crippen molar-refractivity contribution in [2.24, 2.45) is 0 Å². The minimum Gasteiger partial charge on any atom is -0.452 e. The quantitative estimate of drug-likeness (QED) is 0.809. The van der Waals surface area contributed by atoms with Crippen LogP contribution in [-0.2, 0) is 14.3 Å². The van der Waals surface area contributed by atoms with Gasteiger partial charge in [-0.1, -0.05) is 12.1 Å². The second-order valence-corrected chi connectivity index (χ2v) is 4.89. The van der Waals surface area contributed by atoms with Crippen LogP contribution in [0.15, 0.2) is 18.2 Å². The van der Waals surface area contributed by atoms with Gasteiger partial charge in [-0.25, -0.2) is 4.79 Å². The van der Waals surface area contributed by atoms with Gasteiger partial charge in [-0.05, 0) is 31.0 Å². The summed E-state index contributed by atoms with van der Waals surface area (Å²) < 4.78 is 4.94. The van der Waals surface area contributed by atoms with Gasteiger partial charge < -0.3 is 15.0 Å². The molecule has 21 heavy (non-hydrogen) atoms. The number of carbonyl (C=O) groups is 3. The fourth-order valence-electron chi connectivity index (χ4n) is 1.56. The largest absolute Gasteiger partial charge is 0.452 e. The van der Waals surface area contributed by atoms with E-state index in [-0.39, 0.29) is 12.5 Å². The first kappa shape index (κ1) is 16.7. The lowest BCUT2D eigenvalue weighted by Crippen LogP contribution is -2.38. The average molecular weight is 292 g/mol. The molecule has 1 aromatic carbocycles. The number of benzene rings is 1. The van der Waals surface area contributed by atoms with Crippen LogP contribution in [0.4, 0.5) is 0 Å². The van der Waals surface area contributed by atoms with E-state index in [0.29, 0.717) is 5.56 Å². The Morgan fingerprint density at radius 2 is 1.86 bits per heavy atom. The molecule has 1 rings (SSSR count). The van der Waals surface area contributed by atoms with E-state index in [9.17, 15) is 14.4 Å². The third kappa shape index (κ3) is 4.91. The zero-order valence-corrected chi connectivity index (χ0v) is 12.7. The van der Waals surface area contributed by atoms with Crippen LogP contribution >= 0.6 is 0 Å². The Morgan fingerprint density at radius 1 is 1.19 bits per heavy atom. The van der Waals surface area contributed by atoms with Crippen molar-refractivity contribution < 1.29 is 19.1 Å². The summed E-state index contributed by atoms with van der Waals surface area (Å²) >= 11 is 0. The summed E-state index contributed by atoms with van der Waals surface area (Å²) in [6.07, 6.45) is 0. The Hall–Kier alpha value is -2.37. The van der Waals surface area contributed by atoms with Crippen LogP contribution in [0.25, 0.3) is 0 Å². The van der Waals surface area contributed by atoms with Crippen molar-refractivity contribution >= 4 is 17.8 Å². The molecule has 2 amide bonds. The SMILES string of the molecule is Cc1cccc(C(=O)OCC(=O)NCC(=O)N(C)C)c1C. The highest BCUT2D eigenvalue weighted by Crippen LogP contribution is 2.13. The Kier molecular flexibility index (Phi) is 5.90. The van der Waals surface area contributed by atoms with Crippen molar-refractivity contribution in [2.45, 2.75) is 13.8 Å². The molecule has 0 unspecified atom stereocenters. The first-order valence-corrected chi connectivity index (χ1v) is 6.53. The number of hydrogen-bond donors (Lipinski definition) is 1. The number of aryl methyl sites for hydroxylation is 1. The zero-order valence-electron chi connectivity index (χ0n) is 12.7. The molecule has 0 saturated carbocycles. The van der Waals surface area contributed by atoms with Crippen LogP contribution in [0, 0.1) is 13.8 Å². The number of ether oxygens (including phenoxy) is 1. The Bertz CT molecular complexity index is 553. The lowest BCUT2D eigenvalue weighted by Gasteiger charge is -2.11. The van der Waals surface area contributed by atoms with Crippen molar-refractivity contribution in [1.82, 2.24) is 10.2 Å². The fourth-order valence-corrected chi connectivity index (χ4v) is 1.56. The Balaban J connectivity index is 2.48. The van der Waals surface area contributed by atoms with E-state index in [1.54, 1.807) is 26.2 Å². The summed E-state index contributed by atoms with van der Waals surface area (Å²) in [4.78, 5) is 36.0. The van der Waals surface area contributed by atoms with Crippen molar-refractivity contribution in [1.29, 1.82) is 0 Å². The number of hydrogen-bond acceptors (Lipinski definition) is 4. The van der Waals surface area contributed by atoms with E-state index in [1.165, 1.54) is 4.90 Å². The van der Waals surface area contributed by atoms with Gasteiger partial charge in [-0.2, -0.15) is 0 Å². The predicted octanol–water partition coefficient (Wildman–Crippen LogP) is 0.665. The van der Waals surface area contributed by atoms with Crippen LogP contribution in [0.5, 0.6) is 0 Å². The molecule has 0 radical (unpaired) electrons. The van der Waals surface area contributed by atoms with Crippen LogP contribution in [0.2, 0.25) is 0 Å². The first-order chi connectivity index (χ1) is 9.82. The van der Waals surface area contributed by atoms with Gasteiger partial charge in [0.1, 0.15) is 0 Å². The molecule has 0 aliphatic rings. The molecule has 0 aliphatic heterocycles. The second-order valence-electron chi connectivity index (χ2n) is 4.89. The molecule has 114 valence electrons. The molecule has 6 heteroatoms. The van der Waals surface area contributed by atoms with Gasteiger partial charge in [0.2, 0.25) is 5.91 Å². The van der Waals surface area contributed by atoms with Crippen molar-refractivity contribution in [3.63, 3.8) is 0 Å². The highest BCUT2D eigenvalue weighted by atomic mass is 16.5. The van der Waals surface area contributed by atoms with Gasteiger partial charge in [0, 0.05) is 14.1 Å². The molecule has 0 heterocycles. The second kappa shape index (κ2) is 7.42. The maximum atomic E-state index is 11.9. The molecule has 0 aliphatic carbocycles. The minimum absolute atomic E-state index is 0.118. The van der Waals surface area contributed by atoms with Gasteiger partial charge >= 0.3 is 5.97 Å². The summed E-state index contributed by atoms with van der Waals surface area (Å²) in [5.41, 5.74) is 2.24. The molecular weight excluding hydrogens is 272 g/mol. The van der Waals surface area contributed by atoms with Crippen molar-refractivity contribution in [3.8, 4) is 0 Å². The summed E-state index contributed by atoms with van der Waals surface area (Å²) in [6, 6.07) is 5.30. The topological polar surface area (TPSA) is 75.7 Å². The van der Waals surface area contributed by atoms with Crippen LogP contribution in [0.3, 0.4) is 0 Å². The van der Waals surface area contributed by atoms with E-state index in [4.69, 9.17) is 4.74 Å². The summed E-state index contributed by atoms with van der Waals surface area (Å²) in [7, 11) is 3.18. The number of rotatable bonds is 5. The van der Waals surface area contributed by atoms with E-state index in [0.717, 1.165) is 11.1 Å². The molecule has 1 aromatic rings. The van der Waals surface area contributed by atoms with Crippen molar-refractivity contribution in [3.05, 3.63) is 34.9 Å².